The predicted molar refractivity (Wildman–Crippen MR) is 229 cm³/mol. The molecule has 0 spiro atoms. The molecule has 6 heterocycles. The van der Waals surface area contributed by atoms with E-state index in [1.807, 2.05) is 19.9 Å². The van der Waals surface area contributed by atoms with Gasteiger partial charge in [-0.3, -0.25) is 4.79 Å². The lowest BCUT2D eigenvalue weighted by molar-refractivity contribution is -0.275. The third-order valence-electron chi connectivity index (χ3n) is 9.27. The van der Waals surface area contributed by atoms with Crippen LogP contribution in [0.25, 0.3) is 46.2 Å². The van der Waals surface area contributed by atoms with Crippen molar-refractivity contribution in [3.63, 3.8) is 0 Å². The van der Waals surface area contributed by atoms with Gasteiger partial charge in [0.05, 0.1) is 19.7 Å². The molecule has 68 heavy (non-hydrogen) atoms. The number of nitrogens with zero attached hydrogens (tertiary/aromatic N) is 12. The van der Waals surface area contributed by atoms with Crippen molar-refractivity contribution in [3.8, 4) is 63.6 Å². The fourth-order valence-corrected chi connectivity index (χ4v) is 6.19. The van der Waals surface area contributed by atoms with Gasteiger partial charge in [-0.15, -0.1) is 36.5 Å². The summed E-state index contributed by atoms with van der Waals surface area (Å²) in [6, 6.07) is 17.2. The topological polar surface area (TPSA) is 202 Å². The highest BCUT2D eigenvalue weighted by atomic mass is 19.4. The summed E-state index contributed by atoms with van der Waals surface area (Å²) in [6.07, 6.45) is -6.01. The van der Waals surface area contributed by atoms with Crippen LogP contribution in [0.4, 0.5) is 26.3 Å². The molecule has 0 radical (unpaired) electrons. The van der Waals surface area contributed by atoms with Crippen molar-refractivity contribution in [3.05, 3.63) is 118 Å². The largest absolute Gasteiger partial charge is 0.573 e. The highest BCUT2D eigenvalue weighted by Gasteiger charge is 2.32. The average Bonchev–Trinajstić information content (AvgIpc) is 4.10. The number of aromatic nitrogens is 12. The van der Waals surface area contributed by atoms with Gasteiger partial charge in [-0.25, -0.2) is 24.3 Å². The standard InChI is InChI=1S/2C22H21F3N6O3/c1-13(2)12-32-18-9-4-15(10-26-18)11-31-14(3)27-20(29-31)21-28-19(30-34-21)16-5-7-17(8-6-16)33-22(23,24)25;1-13(2)10-30-11-15(4-9-18(30)32)12-31-14(3)26-20(28-31)21-27-19(29-34-21)16-5-7-17(8-6-16)33-22(23,24)25/h4-10,13H,11-12H2,1-3H3;4-9,11,13H,10,12H2,1-3H3. The highest BCUT2D eigenvalue weighted by Crippen LogP contribution is 2.28. The first-order chi connectivity index (χ1) is 32.2. The van der Waals surface area contributed by atoms with Gasteiger partial charge in [-0.2, -0.15) is 9.97 Å². The minimum atomic E-state index is -4.77. The van der Waals surface area contributed by atoms with Gasteiger partial charge in [0.15, 0.2) is 0 Å². The van der Waals surface area contributed by atoms with E-state index >= 15 is 0 Å². The normalized spacial score (nSPS) is 11.8. The van der Waals surface area contributed by atoms with Crippen LogP contribution in [0.15, 0.2) is 99.0 Å². The fraction of sp³-hybridized carbons (Fsp3) is 0.318. The van der Waals surface area contributed by atoms with Crippen LogP contribution in [0.2, 0.25) is 0 Å². The second kappa shape index (κ2) is 20.3. The number of aryl methyl sites for hydroxylation is 2. The molecule has 0 N–H and O–H groups in total. The van der Waals surface area contributed by atoms with Crippen LogP contribution in [0.5, 0.6) is 17.4 Å². The molecular formula is C44H42F6N12O6. The van der Waals surface area contributed by atoms with Gasteiger partial charge in [-0.1, -0.05) is 50.1 Å². The van der Waals surface area contributed by atoms with Gasteiger partial charge in [-0.05, 0) is 85.3 Å². The number of hydrogen-bond acceptors (Lipinski definition) is 15. The Morgan fingerprint density at radius 3 is 1.53 bits per heavy atom. The molecule has 356 valence electrons. The van der Waals surface area contributed by atoms with Gasteiger partial charge in [0.1, 0.15) is 23.1 Å². The van der Waals surface area contributed by atoms with Crippen LogP contribution in [0, 0.1) is 25.7 Å². The summed E-state index contributed by atoms with van der Waals surface area (Å²) >= 11 is 0. The second-order valence-electron chi connectivity index (χ2n) is 15.9. The summed E-state index contributed by atoms with van der Waals surface area (Å²) in [7, 11) is 0. The van der Waals surface area contributed by atoms with E-state index in [2.05, 4.69) is 68.8 Å². The Morgan fingerprint density at radius 2 is 1.09 bits per heavy atom. The van der Waals surface area contributed by atoms with E-state index in [0.717, 1.165) is 23.3 Å². The quantitative estimate of drug-likeness (QED) is 0.0882. The Kier molecular flexibility index (Phi) is 14.3. The lowest BCUT2D eigenvalue weighted by Crippen LogP contribution is -2.22. The molecule has 6 aromatic heterocycles. The molecule has 0 aliphatic heterocycles. The van der Waals surface area contributed by atoms with Crippen molar-refractivity contribution in [2.24, 2.45) is 11.8 Å². The second-order valence-corrected chi connectivity index (χ2v) is 15.9. The van der Waals surface area contributed by atoms with E-state index < -0.39 is 12.7 Å². The summed E-state index contributed by atoms with van der Waals surface area (Å²) in [5.74, 6) is 2.78. The minimum Gasteiger partial charge on any atom is -0.477 e. The zero-order chi connectivity index (χ0) is 48.8. The molecule has 0 aliphatic rings. The number of rotatable bonds is 15. The zero-order valence-electron chi connectivity index (χ0n) is 37.1. The number of halogens is 6. The lowest BCUT2D eigenvalue weighted by atomic mass is 10.2. The molecule has 24 heteroatoms. The number of benzene rings is 2. The van der Waals surface area contributed by atoms with Gasteiger partial charge in [0.25, 0.3) is 17.3 Å². The first-order valence-corrected chi connectivity index (χ1v) is 20.7. The van der Waals surface area contributed by atoms with Crippen molar-refractivity contribution < 1.29 is 49.6 Å². The molecule has 0 atom stereocenters. The van der Waals surface area contributed by atoms with Crippen LogP contribution in [0.3, 0.4) is 0 Å². The fourth-order valence-electron chi connectivity index (χ4n) is 6.19. The number of pyridine rings is 2. The molecule has 8 rings (SSSR count). The number of hydrogen-bond donors (Lipinski definition) is 0. The zero-order valence-corrected chi connectivity index (χ0v) is 37.1. The molecule has 0 unspecified atom stereocenters. The molecule has 0 bridgehead atoms. The molecule has 18 nitrogen and oxygen atoms in total. The van der Waals surface area contributed by atoms with Crippen molar-refractivity contribution in [1.82, 2.24) is 59.4 Å². The maximum absolute atomic E-state index is 12.3. The monoisotopic (exact) mass is 948 g/mol. The Bertz CT molecular complexity index is 2980. The van der Waals surface area contributed by atoms with Crippen LogP contribution in [-0.4, -0.2) is 78.7 Å². The molecule has 0 saturated heterocycles. The van der Waals surface area contributed by atoms with Gasteiger partial charge < -0.3 is 27.8 Å². The third kappa shape index (κ3) is 13.1. The van der Waals surface area contributed by atoms with Gasteiger partial charge in [0.2, 0.25) is 29.2 Å². The van der Waals surface area contributed by atoms with Crippen molar-refractivity contribution in [2.75, 3.05) is 6.61 Å². The van der Waals surface area contributed by atoms with Gasteiger partial charge in [0, 0.05) is 42.2 Å². The average molecular weight is 949 g/mol. The summed E-state index contributed by atoms with van der Waals surface area (Å²) < 4.78 is 103. The number of ether oxygens (including phenoxy) is 3. The third-order valence-corrected chi connectivity index (χ3v) is 9.27. The van der Waals surface area contributed by atoms with Crippen LogP contribution >= 0.6 is 0 Å². The van der Waals surface area contributed by atoms with E-state index in [-0.39, 0.29) is 52.1 Å². The summed E-state index contributed by atoms with van der Waals surface area (Å²) in [5.41, 5.74) is 2.61. The molecular weight excluding hydrogens is 907 g/mol. The maximum Gasteiger partial charge on any atom is 0.573 e. The summed E-state index contributed by atoms with van der Waals surface area (Å²) in [5, 5.41) is 16.6. The van der Waals surface area contributed by atoms with Crippen LogP contribution in [0.1, 0.15) is 50.5 Å². The molecule has 8 aromatic rings. The SMILES string of the molecule is Cc1nc(-c2nc(-c3ccc(OC(F)(F)F)cc3)no2)nn1Cc1ccc(=O)n(CC(C)C)c1.Cc1nc(-c2nc(-c3ccc(OC(F)(F)F)cc3)no2)nn1Cc1ccc(OCC(C)C)nc1. The Hall–Kier alpha value is -7.92. The minimum absolute atomic E-state index is 0.0650. The van der Waals surface area contributed by atoms with Crippen LogP contribution < -0.4 is 19.8 Å². The van der Waals surface area contributed by atoms with Crippen molar-refractivity contribution in [1.29, 1.82) is 0 Å². The Morgan fingerprint density at radius 1 is 0.603 bits per heavy atom. The molecule has 0 fully saturated rings. The molecule has 2 aromatic carbocycles. The summed E-state index contributed by atoms with van der Waals surface area (Å²) in [6.45, 7) is 13.8. The number of alkyl halides is 6. The highest BCUT2D eigenvalue weighted by molar-refractivity contribution is 5.59. The van der Waals surface area contributed by atoms with Crippen molar-refractivity contribution in [2.45, 2.75) is 73.9 Å². The van der Waals surface area contributed by atoms with Crippen molar-refractivity contribution >= 4 is 0 Å². The van der Waals surface area contributed by atoms with E-state index in [9.17, 15) is 31.1 Å². The lowest BCUT2D eigenvalue weighted by Gasteiger charge is -2.10. The first-order valence-electron chi connectivity index (χ1n) is 20.7. The first kappa shape index (κ1) is 48.0. The van der Waals surface area contributed by atoms with Gasteiger partial charge >= 0.3 is 12.7 Å². The summed E-state index contributed by atoms with van der Waals surface area (Å²) in [4.78, 5) is 33.6. The predicted octanol–water partition coefficient (Wildman–Crippen LogP) is 8.75. The van der Waals surface area contributed by atoms with E-state index in [1.54, 1.807) is 52.3 Å². The molecule has 0 saturated carbocycles. The molecule has 0 aliphatic carbocycles. The van der Waals surface area contributed by atoms with Crippen LogP contribution in [-0.2, 0) is 19.6 Å². The van der Waals surface area contributed by atoms with E-state index in [1.165, 1.54) is 42.5 Å². The van der Waals surface area contributed by atoms with E-state index in [0.29, 0.717) is 66.7 Å². The Balaban J connectivity index is 0.000000201. The molecule has 0 amide bonds. The smallest absolute Gasteiger partial charge is 0.477 e. The Labute approximate surface area is 382 Å². The van der Waals surface area contributed by atoms with E-state index in [4.69, 9.17) is 13.8 Å². The maximum atomic E-state index is 12.3.